The highest BCUT2D eigenvalue weighted by Crippen LogP contribution is 2.34. The fourth-order valence-corrected chi connectivity index (χ4v) is 4.24. The molecule has 1 atom stereocenters. The van der Waals surface area contributed by atoms with Crippen LogP contribution in [0.5, 0.6) is 0 Å². The molecule has 1 N–H and O–H groups in total. The molecule has 0 fully saturated rings. The number of halogens is 2. The molecule has 0 saturated heterocycles. The lowest BCUT2D eigenvalue weighted by Gasteiger charge is -2.30. The number of benzene rings is 2. The molecule has 0 radical (unpaired) electrons. The topological polar surface area (TPSA) is 46.2 Å². The highest BCUT2D eigenvalue weighted by Gasteiger charge is 2.27. The van der Waals surface area contributed by atoms with Crippen LogP contribution in [0.25, 0.3) is 0 Å². The number of hydrogen-bond donors (Lipinski definition) is 1. The summed E-state index contributed by atoms with van der Waals surface area (Å²) in [5, 5.41) is 0.488. The summed E-state index contributed by atoms with van der Waals surface area (Å²) in [4.78, 5) is 0.214. The van der Waals surface area contributed by atoms with Gasteiger partial charge in [-0.3, -0.25) is 0 Å². The Morgan fingerprint density at radius 1 is 1.24 bits per heavy atom. The van der Waals surface area contributed by atoms with E-state index in [0.29, 0.717) is 16.0 Å². The van der Waals surface area contributed by atoms with Crippen LogP contribution >= 0.6 is 27.5 Å². The van der Waals surface area contributed by atoms with E-state index in [2.05, 4.69) is 32.8 Å². The fraction of sp³-hybridized carbons (Fsp3) is 0.200. The van der Waals surface area contributed by atoms with Crippen molar-refractivity contribution in [2.45, 2.75) is 17.2 Å². The summed E-state index contributed by atoms with van der Waals surface area (Å²) < 4.78 is 27.8. The molecule has 0 heterocycles. The third kappa shape index (κ3) is 3.01. The summed E-state index contributed by atoms with van der Waals surface area (Å²) >= 11 is 9.12. The predicted molar refractivity (Wildman–Crippen MR) is 87.2 cm³/mol. The smallest absolute Gasteiger partial charge is 0.211 e. The summed E-state index contributed by atoms with van der Waals surface area (Å²) in [6.07, 6.45) is 0.920. The van der Waals surface area contributed by atoms with Gasteiger partial charge in [-0.25, -0.2) is 13.1 Å². The van der Waals surface area contributed by atoms with Gasteiger partial charge in [-0.2, -0.15) is 0 Å². The molecule has 2 aromatic carbocycles. The highest BCUT2D eigenvalue weighted by molar-refractivity contribution is 9.10. The molecule has 0 amide bonds. The average Bonchev–Trinajstić information content (AvgIpc) is 2.42. The van der Waals surface area contributed by atoms with Crippen molar-refractivity contribution in [3.05, 3.63) is 63.1 Å². The van der Waals surface area contributed by atoms with Gasteiger partial charge in [0.25, 0.3) is 0 Å². The zero-order chi connectivity index (χ0) is 15.0. The average molecular weight is 387 g/mol. The van der Waals surface area contributed by atoms with Crippen LogP contribution in [0.1, 0.15) is 17.0 Å². The van der Waals surface area contributed by atoms with E-state index < -0.39 is 10.0 Å². The molecule has 3 nitrogen and oxygen atoms in total. The van der Waals surface area contributed by atoms with Crippen LogP contribution in [-0.2, 0) is 16.4 Å². The standard InChI is InChI=1S/C15H13BrClNO2S/c16-14-8-12(5-6-15(14)17)21(19,20)18-9-11-7-10-3-1-2-4-13(10)11/h1-6,8,11,18H,7,9H2. The highest BCUT2D eigenvalue weighted by atomic mass is 79.9. The van der Waals surface area contributed by atoms with Crippen molar-refractivity contribution in [3.63, 3.8) is 0 Å². The van der Waals surface area contributed by atoms with Crippen LogP contribution in [0.15, 0.2) is 51.8 Å². The molecule has 0 saturated carbocycles. The maximum absolute atomic E-state index is 12.3. The van der Waals surface area contributed by atoms with Gasteiger partial charge < -0.3 is 0 Å². The van der Waals surface area contributed by atoms with Crippen molar-refractivity contribution in [2.24, 2.45) is 0 Å². The predicted octanol–water partition coefficient (Wildman–Crippen LogP) is 3.72. The van der Waals surface area contributed by atoms with E-state index in [0.717, 1.165) is 6.42 Å². The van der Waals surface area contributed by atoms with Crippen LogP contribution in [0.2, 0.25) is 5.02 Å². The van der Waals surface area contributed by atoms with E-state index >= 15 is 0 Å². The van der Waals surface area contributed by atoms with E-state index in [4.69, 9.17) is 11.6 Å². The largest absolute Gasteiger partial charge is 0.240 e. The monoisotopic (exact) mass is 385 g/mol. The molecule has 0 bridgehead atoms. The van der Waals surface area contributed by atoms with Crippen LogP contribution < -0.4 is 4.72 Å². The van der Waals surface area contributed by atoms with E-state index in [1.165, 1.54) is 23.3 Å². The van der Waals surface area contributed by atoms with Gasteiger partial charge in [0.15, 0.2) is 0 Å². The molecule has 1 aliphatic carbocycles. The lowest BCUT2D eigenvalue weighted by Crippen LogP contribution is -2.33. The minimum Gasteiger partial charge on any atom is -0.211 e. The van der Waals surface area contributed by atoms with Crippen molar-refractivity contribution < 1.29 is 8.42 Å². The van der Waals surface area contributed by atoms with Crippen LogP contribution in [0, 0.1) is 0 Å². The molecule has 1 aliphatic rings. The first-order chi connectivity index (χ1) is 9.97. The van der Waals surface area contributed by atoms with Gasteiger partial charge in [-0.1, -0.05) is 35.9 Å². The molecular weight excluding hydrogens is 374 g/mol. The van der Waals surface area contributed by atoms with Gasteiger partial charge in [0, 0.05) is 16.9 Å². The summed E-state index contributed by atoms with van der Waals surface area (Å²) in [6.45, 7) is 0.416. The molecule has 21 heavy (non-hydrogen) atoms. The van der Waals surface area contributed by atoms with Gasteiger partial charge in [-0.05, 0) is 51.7 Å². The number of hydrogen-bond acceptors (Lipinski definition) is 2. The lowest BCUT2D eigenvalue weighted by atomic mass is 9.78. The zero-order valence-corrected chi connectivity index (χ0v) is 14.2. The number of rotatable bonds is 4. The molecule has 0 aromatic heterocycles. The van der Waals surface area contributed by atoms with Crippen LogP contribution in [-0.4, -0.2) is 15.0 Å². The van der Waals surface area contributed by atoms with Gasteiger partial charge in [-0.15, -0.1) is 0 Å². The summed E-state index contributed by atoms with van der Waals surface area (Å²) in [5.41, 5.74) is 2.54. The van der Waals surface area contributed by atoms with Crippen molar-refractivity contribution in [1.82, 2.24) is 4.72 Å². The molecular formula is C15H13BrClNO2S. The minimum absolute atomic E-state index is 0.214. The molecule has 110 valence electrons. The second-order valence-corrected chi connectivity index (χ2v) is 8.06. The maximum Gasteiger partial charge on any atom is 0.240 e. The summed E-state index contributed by atoms with van der Waals surface area (Å²) in [6, 6.07) is 12.7. The Kier molecular flexibility index (Phi) is 4.10. The van der Waals surface area contributed by atoms with E-state index in [9.17, 15) is 8.42 Å². The van der Waals surface area contributed by atoms with E-state index in [-0.39, 0.29) is 10.8 Å². The normalized spacial score (nSPS) is 17.1. The molecule has 0 aliphatic heterocycles. The molecule has 3 rings (SSSR count). The first-order valence-corrected chi connectivity index (χ1v) is 9.15. The molecule has 6 heteroatoms. The van der Waals surface area contributed by atoms with E-state index in [1.807, 2.05) is 12.1 Å². The second-order valence-electron chi connectivity index (χ2n) is 5.03. The summed E-state index contributed by atoms with van der Waals surface area (Å²) in [5.74, 6) is 0.256. The van der Waals surface area contributed by atoms with Crippen molar-refractivity contribution in [3.8, 4) is 0 Å². The van der Waals surface area contributed by atoms with Gasteiger partial charge in [0.2, 0.25) is 10.0 Å². The van der Waals surface area contributed by atoms with Crippen LogP contribution in [0.4, 0.5) is 0 Å². The molecule has 2 aromatic rings. The first-order valence-electron chi connectivity index (χ1n) is 6.50. The Labute approximate surface area is 137 Å². The van der Waals surface area contributed by atoms with Gasteiger partial charge in [0.1, 0.15) is 0 Å². The Balaban J connectivity index is 1.72. The van der Waals surface area contributed by atoms with Crippen molar-refractivity contribution in [1.29, 1.82) is 0 Å². The Morgan fingerprint density at radius 2 is 2.00 bits per heavy atom. The number of sulfonamides is 1. The Morgan fingerprint density at radius 3 is 2.71 bits per heavy atom. The molecule has 1 unspecified atom stereocenters. The molecule has 0 spiro atoms. The third-order valence-electron chi connectivity index (χ3n) is 3.68. The van der Waals surface area contributed by atoms with E-state index in [1.54, 1.807) is 6.07 Å². The second kappa shape index (κ2) is 5.72. The fourth-order valence-electron chi connectivity index (χ4n) is 2.48. The first kappa shape index (κ1) is 15.0. The number of fused-ring (bicyclic) bond motifs is 1. The quantitative estimate of drug-likeness (QED) is 0.870. The van der Waals surface area contributed by atoms with Gasteiger partial charge >= 0.3 is 0 Å². The maximum atomic E-state index is 12.3. The van der Waals surface area contributed by atoms with Gasteiger partial charge in [0.05, 0.1) is 9.92 Å². The summed E-state index contributed by atoms with van der Waals surface area (Å²) in [7, 11) is -3.51. The Bertz CT molecular complexity index is 792. The van der Waals surface area contributed by atoms with Crippen LogP contribution in [0.3, 0.4) is 0 Å². The third-order valence-corrected chi connectivity index (χ3v) is 6.32. The SMILES string of the molecule is O=S(=O)(NCC1Cc2ccccc21)c1ccc(Cl)c(Br)c1. The zero-order valence-electron chi connectivity index (χ0n) is 11.0. The van der Waals surface area contributed by atoms with Crippen molar-refractivity contribution >= 4 is 37.6 Å². The lowest BCUT2D eigenvalue weighted by molar-refractivity contribution is 0.552. The minimum atomic E-state index is -3.51. The van der Waals surface area contributed by atoms with Crippen molar-refractivity contribution in [2.75, 3.05) is 6.54 Å². The number of nitrogens with one attached hydrogen (secondary N) is 1. The Hall–Kier alpha value is -0.880.